The fourth-order valence-corrected chi connectivity index (χ4v) is 2.83. The molecule has 0 aliphatic rings. The highest BCUT2D eigenvalue weighted by molar-refractivity contribution is 9.10. The van der Waals surface area contributed by atoms with Gasteiger partial charge in [-0.05, 0) is 22.9 Å². The monoisotopic (exact) mass is 368 g/mol. The van der Waals surface area contributed by atoms with E-state index in [4.69, 9.17) is 9.47 Å². The summed E-state index contributed by atoms with van der Waals surface area (Å²) in [5.41, 5.74) is 1.20. The molecule has 0 aliphatic heterocycles. The number of carbonyl (C=O) groups excluding carboxylic acids is 1. The summed E-state index contributed by atoms with van der Waals surface area (Å²) in [6.07, 6.45) is 0. The van der Waals surface area contributed by atoms with Gasteiger partial charge in [0.25, 0.3) is 0 Å². The lowest BCUT2D eigenvalue weighted by Crippen LogP contribution is -2.10. The Labute approximate surface area is 117 Å². The zero-order valence-corrected chi connectivity index (χ0v) is 12.9. The van der Waals surface area contributed by atoms with Crippen LogP contribution in [0.1, 0.15) is 23.1 Å². The van der Waals surface area contributed by atoms with Crippen molar-refractivity contribution in [1.29, 1.82) is 0 Å². The predicted molar refractivity (Wildman–Crippen MR) is 70.4 cm³/mol. The van der Waals surface area contributed by atoms with Crippen LogP contribution in [-0.4, -0.2) is 36.1 Å². The smallest absolute Gasteiger partial charge is 0.360 e. The third kappa shape index (κ3) is 3.53. The number of methoxy groups -OCH3 is 1. The number of esters is 1. The molecule has 0 saturated heterocycles. The van der Waals surface area contributed by atoms with E-state index in [-0.39, 0.29) is 0 Å². The van der Waals surface area contributed by atoms with E-state index in [1.807, 2.05) is 0 Å². The Morgan fingerprint density at radius 1 is 1.53 bits per heavy atom. The standard InChI is InChI=1S/C10H14Br2N2O3/c1-3-17-10(15)9-8(12)7(6-11)14(13-9)4-5-16-2/h3-6H2,1-2H3. The molecular weight excluding hydrogens is 356 g/mol. The summed E-state index contributed by atoms with van der Waals surface area (Å²) in [6, 6.07) is 0. The molecule has 17 heavy (non-hydrogen) atoms. The van der Waals surface area contributed by atoms with E-state index >= 15 is 0 Å². The summed E-state index contributed by atoms with van der Waals surface area (Å²) in [4.78, 5) is 11.6. The largest absolute Gasteiger partial charge is 0.461 e. The molecule has 0 spiro atoms. The molecule has 0 aromatic carbocycles. The Balaban J connectivity index is 2.99. The van der Waals surface area contributed by atoms with Crippen LogP contribution in [0.3, 0.4) is 0 Å². The number of aromatic nitrogens is 2. The maximum absolute atomic E-state index is 11.6. The van der Waals surface area contributed by atoms with Crippen LogP contribution in [0.2, 0.25) is 0 Å². The average molecular weight is 370 g/mol. The molecule has 1 heterocycles. The third-order valence-corrected chi connectivity index (χ3v) is 3.46. The Bertz CT molecular complexity index is 393. The number of hydrogen-bond acceptors (Lipinski definition) is 4. The summed E-state index contributed by atoms with van der Waals surface area (Å²) in [6.45, 7) is 3.23. The molecule has 5 nitrogen and oxygen atoms in total. The van der Waals surface area contributed by atoms with Crippen molar-refractivity contribution in [2.45, 2.75) is 18.8 Å². The van der Waals surface area contributed by atoms with E-state index in [1.54, 1.807) is 18.7 Å². The van der Waals surface area contributed by atoms with Crippen LogP contribution in [0.25, 0.3) is 0 Å². The summed E-state index contributed by atoms with van der Waals surface area (Å²) >= 11 is 6.74. The average Bonchev–Trinajstić information content (AvgIpc) is 2.63. The summed E-state index contributed by atoms with van der Waals surface area (Å²) < 4.78 is 12.3. The second kappa shape index (κ2) is 7.13. The van der Waals surface area contributed by atoms with Gasteiger partial charge in [-0.1, -0.05) is 15.9 Å². The fourth-order valence-electron chi connectivity index (χ4n) is 1.30. The van der Waals surface area contributed by atoms with Gasteiger partial charge in [-0.15, -0.1) is 0 Å². The Kier molecular flexibility index (Phi) is 6.15. The molecule has 0 atom stereocenters. The molecule has 0 radical (unpaired) electrons. The quantitative estimate of drug-likeness (QED) is 0.570. The maximum atomic E-state index is 11.6. The lowest BCUT2D eigenvalue weighted by molar-refractivity contribution is 0.0517. The first kappa shape index (κ1) is 14.7. The minimum atomic E-state index is -0.419. The Morgan fingerprint density at radius 2 is 2.24 bits per heavy atom. The molecule has 1 aromatic heterocycles. The van der Waals surface area contributed by atoms with Crippen molar-refractivity contribution in [3.05, 3.63) is 15.9 Å². The second-order valence-electron chi connectivity index (χ2n) is 3.18. The second-order valence-corrected chi connectivity index (χ2v) is 4.53. The molecule has 0 bridgehead atoms. The highest BCUT2D eigenvalue weighted by Crippen LogP contribution is 2.24. The van der Waals surface area contributed by atoms with Gasteiger partial charge in [-0.3, -0.25) is 4.68 Å². The highest BCUT2D eigenvalue weighted by atomic mass is 79.9. The zero-order valence-electron chi connectivity index (χ0n) is 9.70. The van der Waals surface area contributed by atoms with Crippen molar-refractivity contribution < 1.29 is 14.3 Å². The molecule has 96 valence electrons. The van der Waals surface area contributed by atoms with Gasteiger partial charge >= 0.3 is 5.97 Å². The van der Waals surface area contributed by atoms with Crippen molar-refractivity contribution in [2.24, 2.45) is 0 Å². The van der Waals surface area contributed by atoms with Crippen molar-refractivity contribution >= 4 is 37.8 Å². The van der Waals surface area contributed by atoms with Gasteiger partial charge in [0.1, 0.15) is 0 Å². The van der Waals surface area contributed by atoms with Crippen LogP contribution in [0.4, 0.5) is 0 Å². The van der Waals surface area contributed by atoms with Gasteiger partial charge in [0.15, 0.2) is 5.69 Å². The van der Waals surface area contributed by atoms with E-state index in [0.29, 0.717) is 35.3 Å². The molecule has 1 rings (SSSR count). The van der Waals surface area contributed by atoms with Gasteiger partial charge in [-0.2, -0.15) is 5.10 Å². The lowest BCUT2D eigenvalue weighted by atomic mass is 10.4. The van der Waals surface area contributed by atoms with E-state index in [1.165, 1.54) is 0 Å². The molecule has 0 aliphatic carbocycles. The van der Waals surface area contributed by atoms with Crippen LogP contribution in [0, 0.1) is 0 Å². The summed E-state index contributed by atoms with van der Waals surface area (Å²) in [5, 5.41) is 4.82. The van der Waals surface area contributed by atoms with Crippen molar-refractivity contribution in [3.8, 4) is 0 Å². The molecular formula is C10H14Br2N2O3. The number of halogens is 2. The minimum Gasteiger partial charge on any atom is -0.461 e. The number of nitrogens with zero attached hydrogens (tertiary/aromatic N) is 2. The van der Waals surface area contributed by atoms with E-state index in [9.17, 15) is 4.79 Å². The molecule has 0 amide bonds. The van der Waals surface area contributed by atoms with Gasteiger partial charge < -0.3 is 9.47 Å². The molecule has 0 saturated carbocycles. The number of carbonyl (C=O) groups is 1. The predicted octanol–water partition coefficient (Wildman–Crippen LogP) is 2.36. The number of hydrogen-bond donors (Lipinski definition) is 0. The van der Waals surface area contributed by atoms with Crippen molar-refractivity contribution in [3.63, 3.8) is 0 Å². The SMILES string of the molecule is CCOC(=O)c1nn(CCOC)c(CBr)c1Br. The summed E-state index contributed by atoms with van der Waals surface area (Å²) in [7, 11) is 1.62. The van der Waals surface area contributed by atoms with E-state index < -0.39 is 5.97 Å². The molecule has 0 fully saturated rings. The minimum absolute atomic E-state index is 0.303. The first-order chi connectivity index (χ1) is 8.15. The maximum Gasteiger partial charge on any atom is 0.360 e. The Hall–Kier alpha value is -0.400. The van der Waals surface area contributed by atoms with Crippen LogP contribution < -0.4 is 0 Å². The lowest BCUT2D eigenvalue weighted by Gasteiger charge is -2.03. The number of rotatable bonds is 6. The summed E-state index contributed by atoms with van der Waals surface area (Å²) in [5.74, 6) is -0.419. The van der Waals surface area contributed by atoms with Crippen LogP contribution in [0.15, 0.2) is 4.47 Å². The van der Waals surface area contributed by atoms with Crippen LogP contribution in [0.5, 0.6) is 0 Å². The first-order valence-corrected chi connectivity index (χ1v) is 7.04. The molecule has 7 heteroatoms. The topological polar surface area (TPSA) is 53.3 Å². The van der Waals surface area contributed by atoms with Gasteiger partial charge in [0.2, 0.25) is 0 Å². The molecule has 1 aromatic rings. The Morgan fingerprint density at radius 3 is 2.76 bits per heavy atom. The normalized spacial score (nSPS) is 10.6. The fraction of sp³-hybridized carbons (Fsp3) is 0.600. The van der Waals surface area contributed by atoms with Gasteiger partial charge in [-0.25, -0.2) is 4.79 Å². The van der Waals surface area contributed by atoms with Crippen LogP contribution >= 0.6 is 31.9 Å². The first-order valence-electron chi connectivity index (χ1n) is 5.12. The van der Waals surface area contributed by atoms with Crippen molar-refractivity contribution in [2.75, 3.05) is 20.3 Å². The number of ether oxygens (including phenoxy) is 2. The molecule has 0 unspecified atom stereocenters. The van der Waals surface area contributed by atoms with E-state index in [2.05, 4.69) is 37.0 Å². The van der Waals surface area contributed by atoms with E-state index in [0.717, 1.165) is 5.69 Å². The van der Waals surface area contributed by atoms with Crippen molar-refractivity contribution in [1.82, 2.24) is 9.78 Å². The highest BCUT2D eigenvalue weighted by Gasteiger charge is 2.21. The van der Waals surface area contributed by atoms with Crippen LogP contribution in [-0.2, 0) is 21.3 Å². The van der Waals surface area contributed by atoms with Gasteiger partial charge in [0.05, 0.1) is 29.9 Å². The zero-order chi connectivity index (χ0) is 12.8. The van der Waals surface area contributed by atoms with Gasteiger partial charge in [0, 0.05) is 12.4 Å². The third-order valence-electron chi connectivity index (χ3n) is 2.10. The molecule has 0 N–H and O–H groups in total. The number of alkyl halides is 1.